The van der Waals surface area contributed by atoms with Gasteiger partial charge in [-0.1, -0.05) is 54.1 Å². The smallest absolute Gasteiger partial charge is 0.306 e. The zero-order valence-corrected chi connectivity index (χ0v) is 19.2. The summed E-state index contributed by atoms with van der Waals surface area (Å²) in [6.07, 6.45) is -1.78. The molecule has 11 heteroatoms. The van der Waals surface area contributed by atoms with Crippen molar-refractivity contribution < 1.29 is 38.4 Å². The van der Waals surface area contributed by atoms with E-state index in [0.29, 0.717) is 10.7 Å². The van der Waals surface area contributed by atoms with Crippen molar-refractivity contribution >= 4 is 35.1 Å². The van der Waals surface area contributed by atoms with Gasteiger partial charge in [0.05, 0.1) is 17.1 Å². The Bertz CT molecular complexity index is 1130. The number of amides is 2. The molecule has 1 fully saturated rings. The van der Waals surface area contributed by atoms with Gasteiger partial charge >= 0.3 is 5.97 Å². The summed E-state index contributed by atoms with van der Waals surface area (Å²) in [5.74, 6) is -2.40. The van der Waals surface area contributed by atoms with E-state index in [0.717, 1.165) is 5.56 Å². The van der Waals surface area contributed by atoms with E-state index < -0.39 is 42.0 Å². The Hall–Kier alpha value is -3.60. The first-order chi connectivity index (χ1) is 16.9. The maximum Gasteiger partial charge on any atom is 0.306 e. The lowest BCUT2D eigenvalue weighted by Crippen LogP contribution is -2.58. The summed E-state index contributed by atoms with van der Waals surface area (Å²) in [6.45, 7) is -0.418. The number of para-hydroxylation sites is 1. The molecular weight excluding hydrogens is 480 g/mol. The number of benzene rings is 2. The van der Waals surface area contributed by atoms with Gasteiger partial charge in [-0.15, -0.1) is 0 Å². The van der Waals surface area contributed by atoms with Gasteiger partial charge in [0.2, 0.25) is 6.79 Å². The first-order valence-electron chi connectivity index (χ1n) is 10.7. The molecule has 2 aliphatic rings. The highest BCUT2D eigenvalue weighted by Crippen LogP contribution is 2.31. The quantitative estimate of drug-likeness (QED) is 0.476. The van der Waals surface area contributed by atoms with Gasteiger partial charge in [-0.05, 0) is 17.7 Å². The van der Waals surface area contributed by atoms with Crippen LogP contribution in [0.25, 0.3) is 0 Å². The Morgan fingerprint density at radius 2 is 1.66 bits per heavy atom. The number of halogens is 1. The molecule has 2 aliphatic heterocycles. The molecule has 10 nitrogen and oxygen atoms in total. The van der Waals surface area contributed by atoms with Gasteiger partial charge in [0.1, 0.15) is 18.6 Å². The monoisotopic (exact) mass is 502 g/mol. The summed E-state index contributed by atoms with van der Waals surface area (Å²) in [5, 5.41) is 15.4. The molecule has 2 heterocycles. The van der Waals surface area contributed by atoms with Crippen LogP contribution >= 0.6 is 11.6 Å². The van der Waals surface area contributed by atoms with E-state index in [-0.39, 0.29) is 25.8 Å². The van der Waals surface area contributed by atoms with Crippen molar-refractivity contribution in [3.8, 4) is 0 Å². The lowest BCUT2D eigenvalue weighted by Gasteiger charge is -2.34. The molecule has 0 radical (unpaired) electrons. The molecule has 1 unspecified atom stereocenters. The Morgan fingerprint density at radius 3 is 2.31 bits per heavy atom. The number of carboxylic acid groups (broad SMARTS) is 1. The number of carboxylic acids is 1. The normalized spacial score (nSPS) is 20.7. The molecule has 2 aromatic rings. The van der Waals surface area contributed by atoms with Crippen LogP contribution in [0.1, 0.15) is 12.0 Å². The number of hydrogen-bond acceptors (Lipinski definition) is 7. The number of rotatable bonds is 9. The molecule has 0 aliphatic carbocycles. The molecule has 0 aromatic heterocycles. The molecule has 0 bridgehead atoms. The molecule has 3 N–H and O–H groups in total. The second kappa shape index (κ2) is 10.8. The van der Waals surface area contributed by atoms with Crippen molar-refractivity contribution in [2.45, 2.75) is 30.6 Å². The average molecular weight is 503 g/mol. The van der Waals surface area contributed by atoms with Crippen molar-refractivity contribution in [1.29, 1.82) is 0 Å². The number of anilines is 1. The molecule has 3 atom stereocenters. The van der Waals surface area contributed by atoms with Crippen LogP contribution in [0.4, 0.5) is 5.69 Å². The summed E-state index contributed by atoms with van der Waals surface area (Å²) in [5.41, 5.74) is -0.405. The number of carbonyl (C=O) groups excluding carboxylic acids is 2. The number of hydrogen-bond donors (Lipinski definition) is 3. The van der Waals surface area contributed by atoms with Crippen LogP contribution in [0, 0.1) is 0 Å². The topological polar surface area (TPSA) is 132 Å². The van der Waals surface area contributed by atoms with Crippen LogP contribution in [0.15, 0.2) is 66.6 Å². The van der Waals surface area contributed by atoms with Crippen LogP contribution in [-0.2, 0) is 39.8 Å². The van der Waals surface area contributed by atoms with Crippen LogP contribution in [0.2, 0.25) is 5.02 Å². The highest BCUT2D eigenvalue weighted by atomic mass is 35.5. The van der Waals surface area contributed by atoms with Crippen LogP contribution in [0.3, 0.4) is 0 Å². The van der Waals surface area contributed by atoms with Crippen LogP contribution < -0.4 is 10.6 Å². The maximum atomic E-state index is 13.4. The summed E-state index contributed by atoms with van der Waals surface area (Å²) in [6, 6.07) is 15.6. The largest absolute Gasteiger partial charge is 0.481 e. The van der Waals surface area contributed by atoms with Gasteiger partial charge in [-0.3, -0.25) is 14.4 Å². The molecule has 1 saturated heterocycles. The number of carbonyl (C=O) groups is 3. The summed E-state index contributed by atoms with van der Waals surface area (Å²) >= 11 is 6.11. The SMILES string of the molecule is O=C(O)CC(Cc1ccccc1)(NC(=O)[C@@H]1OCO[C@H]1C(=O)Nc1ccccc1Cl)C1=COCO1. The van der Waals surface area contributed by atoms with Gasteiger partial charge in [-0.2, -0.15) is 0 Å². The lowest BCUT2D eigenvalue weighted by molar-refractivity contribution is -0.141. The van der Waals surface area contributed by atoms with Crippen molar-refractivity contribution in [2.24, 2.45) is 0 Å². The van der Waals surface area contributed by atoms with E-state index in [4.69, 9.17) is 30.5 Å². The third kappa shape index (κ3) is 5.73. The van der Waals surface area contributed by atoms with E-state index >= 15 is 0 Å². The first kappa shape index (κ1) is 24.5. The fraction of sp³-hybridized carbons (Fsp3) is 0.292. The summed E-state index contributed by atoms with van der Waals surface area (Å²) in [4.78, 5) is 38.1. The van der Waals surface area contributed by atoms with Crippen molar-refractivity contribution in [3.05, 3.63) is 77.2 Å². The summed E-state index contributed by atoms with van der Waals surface area (Å²) in [7, 11) is 0. The van der Waals surface area contributed by atoms with E-state index in [1.54, 1.807) is 48.5 Å². The van der Waals surface area contributed by atoms with E-state index in [9.17, 15) is 19.5 Å². The van der Waals surface area contributed by atoms with Crippen molar-refractivity contribution in [2.75, 3.05) is 18.9 Å². The lowest BCUT2D eigenvalue weighted by atomic mass is 9.85. The number of aliphatic carboxylic acids is 1. The minimum atomic E-state index is -1.50. The molecule has 2 aromatic carbocycles. The zero-order valence-electron chi connectivity index (χ0n) is 18.4. The Morgan fingerprint density at radius 1 is 0.971 bits per heavy atom. The first-order valence-corrected chi connectivity index (χ1v) is 11.1. The molecule has 35 heavy (non-hydrogen) atoms. The predicted octanol–water partition coefficient (Wildman–Crippen LogP) is 2.44. The minimum Gasteiger partial charge on any atom is -0.481 e. The number of nitrogens with one attached hydrogen (secondary N) is 2. The van der Waals surface area contributed by atoms with Gasteiger partial charge in [0, 0.05) is 6.42 Å². The Kier molecular flexibility index (Phi) is 7.54. The third-order valence-corrected chi connectivity index (χ3v) is 5.86. The highest BCUT2D eigenvalue weighted by molar-refractivity contribution is 6.33. The van der Waals surface area contributed by atoms with Crippen LogP contribution in [-0.4, -0.2) is 54.2 Å². The van der Waals surface area contributed by atoms with Gasteiger partial charge < -0.3 is 34.7 Å². The third-order valence-electron chi connectivity index (χ3n) is 5.53. The number of ether oxygens (including phenoxy) is 4. The standard InChI is InChI=1S/C24H23ClN2O8/c25-16-8-4-5-9-17(16)26-22(30)20-21(35-14-34-20)23(31)27-24(11-19(28)29,18-12-32-13-33-18)10-15-6-2-1-3-7-15/h1-9,12,20-21H,10-11,13-14H2,(H,26,30)(H,27,31)(H,28,29)/t20-,21-,24?/m1/s1. The molecule has 2 amide bonds. The molecule has 0 saturated carbocycles. The second-order valence-electron chi connectivity index (χ2n) is 7.98. The van der Waals surface area contributed by atoms with E-state index in [2.05, 4.69) is 10.6 Å². The summed E-state index contributed by atoms with van der Waals surface area (Å²) < 4.78 is 21.5. The molecular formula is C24H23ClN2O8. The van der Waals surface area contributed by atoms with Crippen LogP contribution in [0.5, 0.6) is 0 Å². The fourth-order valence-corrected chi connectivity index (χ4v) is 4.12. The molecule has 184 valence electrons. The Balaban J connectivity index is 1.58. The predicted molar refractivity (Wildman–Crippen MR) is 123 cm³/mol. The highest BCUT2D eigenvalue weighted by Gasteiger charge is 2.47. The maximum absolute atomic E-state index is 13.4. The van der Waals surface area contributed by atoms with E-state index in [1.165, 1.54) is 6.26 Å². The van der Waals surface area contributed by atoms with Gasteiger partial charge in [0.15, 0.2) is 18.0 Å². The average Bonchev–Trinajstić information content (AvgIpc) is 3.54. The van der Waals surface area contributed by atoms with Crippen molar-refractivity contribution in [1.82, 2.24) is 5.32 Å². The van der Waals surface area contributed by atoms with Crippen molar-refractivity contribution in [3.63, 3.8) is 0 Å². The zero-order chi connectivity index (χ0) is 24.8. The molecule has 0 spiro atoms. The fourth-order valence-electron chi connectivity index (χ4n) is 3.94. The Labute approximate surface area is 205 Å². The van der Waals surface area contributed by atoms with E-state index in [1.807, 2.05) is 6.07 Å². The van der Waals surface area contributed by atoms with Gasteiger partial charge in [-0.25, -0.2) is 0 Å². The molecule has 4 rings (SSSR count). The minimum absolute atomic E-state index is 0.0884. The van der Waals surface area contributed by atoms with Gasteiger partial charge in [0.25, 0.3) is 11.8 Å². The second-order valence-corrected chi connectivity index (χ2v) is 8.38.